The van der Waals surface area contributed by atoms with Gasteiger partial charge in [-0.25, -0.2) is 0 Å². The Kier molecular flexibility index (Phi) is 8.64. The van der Waals surface area contributed by atoms with Crippen LogP contribution in [0.1, 0.15) is 52.4 Å². The van der Waals surface area contributed by atoms with Gasteiger partial charge in [0.1, 0.15) is 0 Å². The molecule has 2 atom stereocenters. The molecule has 18 heavy (non-hydrogen) atoms. The maximum absolute atomic E-state index is 5.95. The maximum Gasteiger partial charge on any atom is 0.0584 e. The lowest BCUT2D eigenvalue weighted by molar-refractivity contribution is 0.00996. The number of likely N-dealkylation sites (tertiary alicyclic amines) is 1. The molecule has 3 nitrogen and oxygen atoms in total. The molecule has 1 fully saturated rings. The summed E-state index contributed by atoms with van der Waals surface area (Å²) < 4.78 is 11.2. The van der Waals surface area contributed by atoms with Crippen LogP contribution in [-0.2, 0) is 9.47 Å². The van der Waals surface area contributed by atoms with Crippen LogP contribution in [0.3, 0.4) is 0 Å². The van der Waals surface area contributed by atoms with Gasteiger partial charge < -0.3 is 14.4 Å². The van der Waals surface area contributed by atoms with E-state index in [2.05, 4.69) is 18.7 Å². The van der Waals surface area contributed by atoms with Crippen molar-refractivity contribution in [2.24, 2.45) is 0 Å². The summed E-state index contributed by atoms with van der Waals surface area (Å²) >= 11 is 0. The third-order valence-corrected chi connectivity index (χ3v) is 3.95. The van der Waals surface area contributed by atoms with E-state index < -0.39 is 0 Å². The van der Waals surface area contributed by atoms with E-state index in [4.69, 9.17) is 9.47 Å². The zero-order chi connectivity index (χ0) is 13.2. The van der Waals surface area contributed by atoms with E-state index in [1.807, 2.05) is 0 Å². The van der Waals surface area contributed by atoms with E-state index in [1.54, 1.807) is 7.11 Å². The first-order valence-corrected chi connectivity index (χ1v) is 7.63. The SMILES string of the molecule is CCC(CCN1CCCCC1)OCCC(C)OC. The van der Waals surface area contributed by atoms with Gasteiger partial charge in [-0.1, -0.05) is 13.3 Å². The zero-order valence-corrected chi connectivity index (χ0v) is 12.5. The second-order valence-electron chi connectivity index (χ2n) is 5.43. The monoisotopic (exact) mass is 257 g/mol. The van der Waals surface area contributed by atoms with E-state index in [0.29, 0.717) is 12.2 Å². The lowest BCUT2D eigenvalue weighted by Crippen LogP contribution is -2.32. The van der Waals surface area contributed by atoms with Crippen molar-refractivity contribution in [2.45, 2.75) is 64.6 Å². The quantitative estimate of drug-likeness (QED) is 0.633. The molecule has 0 amide bonds. The highest BCUT2D eigenvalue weighted by molar-refractivity contribution is 4.67. The van der Waals surface area contributed by atoms with Gasteiger partial charge in [0.15, 0.2) is 0 Å². The van der Waals surface area contributed by atoms with Gasteiger partial charge >= 0.3 is 0 Å². The fourth-order valence-electron chi connectivity index (χ4n) is 2.43. The number of nitrogens with zero attached hydrogens (tertiary/aromatic N) is 1. The smallest absolute Gasteiger partial charge is 0.0584 e. The van der Waals surface area contributed by atoms with E-state index in [9.17, 15) is 0 Å². The minimum absolute atomic E-state index is 0.310. The fraction of sp³-hybridized carbons (Fsp3) is 1.00. The second kappa shape index (κ2) is 9.76. The van der Waals surface area contributed by atoms with Crippen molar-refractivity contribution in [1.29, 1.82) is 0 Å². The standard InChI is InChI=1S/C15H31NO2/c1-4-15(18-13-9-14(2)17-3)8-12-16-10-6-5-7-11-16/h14-15H,4-13H2,1-3H3. The lowest BCUT2D eigenvalue weighted by Gasteiger charge is -2.28. The molecule has 0 saturated carbocycles. The van der Waals surface area contributed by atoms with Gasteiger partial charge in [-0.05, 0) is 52.1 Å². The van der Waals surface area contributed by atoms with Crippen LogP contribution < -0.4 is 0 Å². The molecule has 0 aromatic carbocycles. The van der Waals surface area contributed by atoms with Crippen molar-refractivity contribution in [2.75, 3.05) is 33.4 Å². The van der Waals surface area contributed by atoms with Crippen molar-refractivity contribution in [3.05, 3.63) is 0 Å². The third-order valence-electron chi connectivity index (χ3n) is 3.95. The molecule has 2 unspecified atom stereocenters. The van der Waals surface area contributed by atoms with Crippen molar-refractivity contribution >= 4 is 0 Å². The van der Waals surface area contributed by atoms with E-state index in [1.165, 1.54) is 45.3 Å². The summed E-state index contributed by atoms with van der Waals surface area (Å²) in [5.74, 6) is 0. The molecule has 1 aliphatic rings. The van der Waals surface area contributed by atoms with Crippen molar-refractivity contribution in [3.63, 3.8) is 0 Å². The summed E-state index contributed by atoms with van der Waals surface area (Å²) in [5.41, 5.74) is 0. The summed E-state index contributed by atoms with van der Waals surface area (Å²) in [4.78, 5) is 2.59. The highest BCUT2D eigenvalue weighted by atomic mass is 16.5. The van der Waals surface area contributed by atoms with Crippen molar-refractivity contribution in [3.8, 4) is 0 Å². The van der Waals surface area contributed by atoms with Gasteiger partial charge in [0, 0.05) is 20.3 Å². The Bertz CT molecular complexity index is 193. The highest BCUT2D eigenvalue weighted by Crippen LogP contribution is 2.12. The summed E-state index contributed by atoms with van der Waals surface area (Å²) in [6, 6.07) is 0. The molecule has 1 rings (SSSR count). The molecule has 0 aliphatic carbocycles. The van der Waals surface area contributed by atoms with Crippen LogP contribution in [0.4, 0.5) is 0 Å². The number of hydrogen-bond donors (Lipinski definition) is 0. The largest absolute Gasteiger partial charge is 0.382 e. The second-order valence-corrected chi connectivity index (χ2v) is 5.43. The summed E-state index contributed by atoms with van der Waals surface area (Å²) in [6.07, 6.45) is 8.20. The average Bonchev–Trinajstić information content (AvgIpc) is 2.43. The summed E-state index contributed by atoms with van der Waals surface area (Å²) in [5, 5.41) is 0. The molecule has 1 heterocycles. The van der Waals surface area contributed by atoms with Crippen molar-refractivity contribution in [1.82, 2.24) is 4.90 Å². The average molecular weight is 257 g/mol. The fourth-order valence-corrected chi connectivity index (χ4v) is 2.43. The minimum atomic E-state index is 0.310. The molecule has 0 bridgehead atoms. The lowest BCUT2D eigenvalue weighted by atomic mass is 10.1. The van der Waals surface area contributed by atoms with E-state index in [0.717, 1.165) is 19.4 Å². The molecular weight excluding hydrogens is 226 g/mol. The predicted octanol–water partition coefficient (Wildman–Crippen LogP) is 3.08. The Morgan fingerprint density at radius 1 is 1.11 bits per heavy atom. The van der Waals surface area contributed by atoms with Crippen LogP contribution >= 0.6 is 0 Å². The van der Waals surface area contributed by atoms with Crippen molar-refractivity contribution < 1.29 is 9.47 Å². The molecule has 1 saturated heterocycles. The van der Waals surface area contributed by atoms with E-state index >= 15 is 0 Å². The molecule has 0 aromatic rings. The number of hydrogen-bond acceptors (Lipinski definition) is 3. The number of piperidine rings is 1. The molecule has 0 N–H and O–H groups in total. The molecule has 0 spiro atoms. The Morgan fingerprint density at radius 3 is 2.44 bits per heavy atom. The number of ether oxygens (including phenoxy) is 2. The highest BCUT2D eigenvalue weighted by Gasteiger charge is 2.13. The van der Waals surface area contributed by atoms with Crippen LogP contribution in [-0.4, -0.2) is 50.5 Å². The van der Waals surface area contributed by atoms with Gasteiger partial charge in [-0.3, -0.25) is 0 Å². The Morgan fingerprint density at radius 2 is 1.83 bits per heavy atom. The van der Waals surface area contributed by atoms with Gasteiger partial charge in [-0.15, -0.1) is 0 Å². The topological polar surface area (TPSA) is 21.7 Å². The van der Waals surface area contributed by atoms with E-state index in [-0.39, 0.29) is 0 Å². The maximum atomic E-state index is 5.95. The zero-order valence-electron chi connectivity index (χ0n) is 12.5. The minimum Gasteiger partial charge on any atom is -0.382 e. The first kappa shape index (κ1) is 15.9. The van der Waals surface area contributed by atoms with Gasteiger partial charge in [0.05, 0.1) is 12.2 Å². The summed E-state index contributed by atoms with van der Waals surface area (Å²) in [7, 11) is 1.76. The van der Waals surface area contributed by atoms with Crippen LogP contribution in [0.2, 0.25) is 0 Å². The number of methoxy groups -OCH3 is 1. The Labute approximate surface area is 113 Å². The molecule has 0 radical (unpaired) electrons. The molecule has 0 aromatic heterocycles. The Balaban J connectivity index is 2.08. The Hall–Kier alpha value is -0.120. The molecular formula is C15H31NO2. The van der Waals surface area contributed by atoms with Crippen LogP contribution in [0.5, 0.6) is 0 Å². The first-order valence-electron chi connectivity index (χ1n) is 7.63. The van der Waals surface area contributed by atoms with Crippen LogP contribution in [0.15, 0.2) is 0 Å². The summed E-state index contributed by atoms with van der Waals surface area (Å²) in [6.45, 7) is 8.93. The first-order chi connectivity index (χ1) is 8.76. The third kappa shape index (κ3) is 6.72. The van der Waals surface area contributed by atoms with Crippen LogP contribution in [0.25, 0.3) is 0 Å². The van der Waals surface area contributed by atoms with Crippen LogP contribution in [0, 0.1) is 0 Å². The van der Waals surface area contributed by atoms with Gasteiger partial charge in [0.2, 0.25) is 0 Å². The normalized spacial score (nSPS) is 20.8. The molecule has 108 valence electrons. The number of rotatable bonds is 9. The van der Waals surface area contributed by atoms with Gasteiger partial charge in [0.25, 0.3) is 0 Å². The van der Waals surface area contributed by atoms with Gasteiger partial charge in [-0.2, -0.15) is 0 Å². The molecule has 1 aliphatic heterocycles. The predicted molar refractivity (Wildman–Crippen MR) is 76.0 cm³/mol. The molecule has 3 heteroatoms.